The van der Waals surface area contributed by atoms with Gasteiger partial charge in [0.05, 0.1) is 6.04 Å². The van der Waals surface area contributed by atoms with Crippen LogP contribution in [0.3, 0.4) is 0 Å². The fraction of sp³-hybridized carbons (Fsp3) is 0.854. The molecule has 4 unspecified atom stereocenters. The van der Waals surface area contributed by atoms with Crippen molar-refractivity contribution in [2.24, 2.45) is 39.2 Å². The van der Waals surface area contributed by atoms with Gasteiger partial charge in [0.2, 0.25) is 23.5 Å². The first kappa shape index (κ1) is 40.4. The molecule has 0 aromatic carbocycles. The highest BCUT2D eigenvalue weighted by atomic mass is 16.2. The van der Waals surface area contributed by atoms with Gasteiger partial charge in [-0.1, -0.05) is 79.6 Å². The lowest BCUT2D eigenvalue weighted by molar-refractivity contribution is -0.143. The minimum absolute atomic E-state index is 0.00949. The van der Waals surface area contributed by atoms with Gasteiger partial charge in [0.25, 0.3) is 5.91 Å². The molecular formula is C41H67N7O6. The Labute approximate surface area is 321 Å². The fourth-order valence-electron chi connectivity index (χ4n) is 11.3. The van der Waals surface area contributed by atoms with Gasteiger partial charge >= 0.3 is 6.03 Å². The summed E-state index contributed by atoms with van der Waals surface area (Å²) >= 11 is 0. The molecule has 302 valence electrons. The first-order valence-electron chi connectivity index (χ1n) is 20.8. The number of nitrogens with two attached hydrogens (primary N) is 1. The molecule has 13 heteroatoms. The smallest absolute Gasteiger partial charge is 0.316 e. The maximum Gasteiger partial charge on any atom is 0.316 e. The molecular weight excluding hydrogens is 686 g/mol. The van der Waals surface area contributed by atoms with Crippen molar-refractivity contribution in [3.8, 4) is 0 Å². The van der Waals surface area contributed by atoms with Crippen molar-refractivity contribution in [1.29, 1.82) is 0 Å². The summed E-state index contributed by atoms with van der Waals surface area (Å²) in [5.41, 5.74) is 3.90. The van der Waals surface area contributed by atoms with Crippen molar-refractivity contribution in [1.82, 2.24) is 31.1 Å². The number of carbonyl (C=O) groups is 6. The number of ketones is 1. The summed E-state index contributed by atoms with van der Waals surface area (Å²) in [7, 11) is 0. The normalized spacial score (nSPS) is 29.0. The number of urea groups is 1. The lowest BCUT2D eigenvalue weighted by atomic mass is 9.73. The zero-order valence-corrected chi connectivity index (χ0v) is 33.9. The number of carbonyl (C=O) groups excluding carboxylic acids is 6. The summed E-state index contributed by atoms with van der Waals surface area (Å²) in [6, 6.07) is -4.26. The van der Waals surface area contributed by atoms with E-state index in [4.69, 9.17) is 5.73 Å². The zero-order valence-electron chi connectivity index (χ0n) is 33.9. The fourth-order valence-corrected chi connectivity index (χ4v) is 11.3. The molecule has 2 heterocycles. The molecule has 0 aromatic heterocycles. The van der Waals surface area contributed by atoms with Gasteiger partial charge in [-0.3, -0.25) is 24.0 Å². The number of hydrogen-bond donors (Lipinski definition) is 5. The Balaban J connectivity index is 1.25. The van der Waals surface area contributed by atoms with E-state index in [2.05, 4.69) is 35.1 Å². The first-order chi connectivity index (χ1) is 25.3. The predicted octanol–water partition coefficient (Wildman–Crippen LogP) is 3.39. The van der Waals surface area contributed by atoms with Gasteiger partial charge in [-0.15, -0.1) is 0 Å². The highest BCUT2D eigenvalue weighted by Gasteiger charge is 2.85. The molecule has 6 fully saturated rings. The van der Waals surface area contributed by atoms with Crippen LogP contribution in [0.15, 0.2) is 0 Å². The predicted molar refractivity (Wildman–Crippen MR) is 205 cm³/mol. The summed E-state index contributed by atoms with van der Waals surface area (Å²) < 4.78 is 0. The Kier molecular flexibility index (Phi) is 11.0. The van der Waals surface area contributed by atoms with Gasteiger partial charge in [0.15, 0.2) is 0 Å². The van der Waals surface area contributed by atoms with Crippen LogP contribution in [0.2, 0.25) is 0 Å². The van der Waals surface area contributed by atoms with Crippen molar-refractivity contribution in [2.75, 3.05) is 26.2 Å². The van der Waals surface area contributed by atoms with Gasteiger partial charge in [-0.05, 0) is 80.5 Å². The molecule has 6 aliphatic rings. The highest BCUT2D eigenvalue weighted by Crippen LogP contribution is 2.88. The van der Waals surface area contributed by atoms with E-state index in [0.717, 1.165) is 70.6 Å². The van der Waals surface area contributed by atoms with E-state index < -0.39 is 58.7 Å². The first-order valence-corrected chi connectivity index (χ1v) is 20.8. The topological polar surface area (TPSA) is 183 Å². The maximum atomic E-state index is 15.0. The lowest BCUT2D eigenvalue weighted by Gasteiger charge is -2.45. The number of likely N-dealkylation sites (tertiary alicyclic amines) is 1. The quantitative estimate of drug-likeness (QED) is 0.201. The van der Waals surface area contributed by atoms with Gasteiger partial charge in [0.1, 0.15) is 18.1 Å². The Morgan fingerprint density at radius 3 is 2.02 bits per heavy atom. The number of Topliss-reactive ketones (excluding diaryl/α,β-unsaturated/α-hetero) is 1. The number of rotatable bonds is 11. The van der Waals surface area contributed by atoms with E-state index in [0.29, 0.717) is 39.0 Å². The molecule has 2 spiro atoms. The van der Waals surface area contributed by atoms with Crippen LogP contribution in [0.4, 0.5) is 4.79 Å². The number of amides is 6. The third-order valence-corrected chi connectivity index (χ3v) is 15.2. The molecule has 2 saturated heterocycles. The zero-order chi connectivity index (χ0) is 39.4. The molecule has 0 bridgehead atoms. The monoisotopic (exact) mass is 754 g/mol. The number of fused-ring (bicyclic) bond motifs is 1. The summed E-state index contributed by atoms with van der Waals surface area (Å²) in [5.74, 6) is -2.61. The molecule has 4 saturated carbocycles. The number of nitrogens with zero attached hydrogens (tertiary/aromatic N) is 2. The standard InChI is InChI=1S/C41H67N7O6/c1-37(2,3)31(46-36(54)45-29(26-15-9-8-10-16-26)34(52)48-20-19-43-23-38(48,4)5)35(53)47-24-41(39(6,7)40(41)17-12-18-40)22-28(47)33(51)44-27(30(49)32(42)50)21-25-13-11-14-25/h25-29,31,43H,8-24H2,1-7H3,(H2,42,50)(H,44,51)(H2,45,46,54)/t27?,28-,29?,31?,41?/m0/s1. The average molecular weight is 754 g/mol. The van der Waals surface area contributed by atoms with Crippen LogP contribution in [0.5, 0.6) is 0 Å². The van der Waals surface area contributed by atoms with Crippen LogP contribution in [-0.4, -0.2) is 101 Å². The molecule has 13 nitrogen and oxygen atoms in total. The molecule has 0 aromatic rings. The molecule has 6 amide bonds. The number of piperazine rings is 1. The van der Waals surface area contributed by atoms with Crippen LogP contribution in [-0.2, 0) is 24.0 Å². The van der Waals surface area contributed by atoms with Gasteiger partial charge in [-0.2, -0.15) is 0 Å². The third-order valence-electron chi connectivity index (χ3n) is 15.2. The number of primary amides is 1. The van der Waals surface area contributed by atoms with Crippen LogP contribution < -0.4 is 27.0 Å². The Morgan fingerprint density at radius 1 is 0.833 bits per heavy atom. The summed E-state index contributed by atoms with van der Waals surface area (Å²) in [4.78, 5) is 86.3. The van der Waals surface area contributed by atoms with Crippen LogP contribution in [0.1, 0.15) is 132 Å². The third kappa shape index (κ3) is 7.04. The van der Waals surface area contributed by atoms with Crippen LogP contribution in [0, 0.1) is 33.5 Å². The van der Waals surface area contributed by atoms with Gasteiger partial charge in [0, 0.05) is 37.1 Å². The molecule has 5 atom stereocenters. The van der Waals surface area contributed by atoms with Gasteiger partial charge < -0.3 is 36.8 Å². The SMILES string of the molecule is CC(C)(C)C(NC(=O)NC(C(=O)N1CCNCC1(C)C)C1CCCCC1)C(=O)N1CC2(C[C@H]1C(=O)NC(CC1CCC1)C(=O)C(N)=O)C(C)(C)C21CCC1. The van der Waals surface area contributed by atoms with E-state index in [1.54, 1.807) is 4.90 Å². The second kappa shape index (κ2) is 14.7. The Bertz CT molecular complexity index is 1510. The lowest BCUT2D eigenvalue weighted by Crippen LogP contribution is -2.66. The average Bonchev–Trinajstić information content (AvgIpc) is 3.27. The van der Waals surface area contributed by atoms with E-state index in [9.17, 15) is 28.8 Å². The van der Waals surface area contributed by atoms with Crippen LogP contribution >= 0.6 is 0 Å². The van der Waals surface area contributed by atoms with E-state index in [1.807, 2.05) is 39.5 Å². The van der Waals surface area contributed by atoms with E-state index in [1.165, 1.54) is 0 Å². The van der Waals surface area contributed by atoms with Crippen molar-refractivity contribution in [3.63, 3.8) is 0 Å². The van der Waals surface area contributed by atoms with Crippen molar-refractivity contribution in [3.05, 3.63) is 0 Å². The van der Waals surface area contributed by atoms with Gasteiger partial charge in [-0.25, -0.2) is 4.79 Å². The Morgan fingerprint density at radius 2 is 1.50 bits per heavy atom. The molecule has 0 radical (unpaired) electrons. The molecule has 2 aliphatic heterocycles. The van der Waals surface area contributed by atoms with Crippen LogP contribution in [0.25, 0.3) is 0 Å². The molecule has 6 N–H and O–H groups in total. The van der Waals surface area contributed by atoms with Crippen molar-refractivity contribution < 1.29 is 28.8 Å². The second-order valence-corrected chi connectivity index (χ2v) is 19.9. The number of hydrogen-bond acceptors (Lipinski definition) is 7. The number of nitrogens with one attached hydrogen (secondary N) is 4. The Hall–Kier alpha value is -3.22. The summed E-state index contributed by atoms with van der Waals surface area (Å²) in [6.45, 7) is 16.5. The second-order valence-electron chi connectivity index (χ2n) is 19.9. The molecule has 4 aliphatic carbocycles. The molecule has 54 heavy (non-hydrogen) atoms. The van der Waals surface area contributed by atoms with E-state index in [-0.39, 0.29) is 39.9 Å². The molecule has 6 rings (SSSR count). The maximum absolute atomic E-state index is 15.0. The van der Waals surface area contributed by atoms with E-state index >= 15 is 0 Å². The minimum Gasteiger partial charge on any atom is -0.363 e. The highest BCUT2D eigenvalue weighted by molar-refractivity contribution is 6.37. The summed E-state index contributed by atoms with van der Waals surface area (Å²) in [6.07, 6.45) is 11.6. The largest absolute Gasteiger partial charge is 0.363 e. The van der Waals surface area contributed by atoms with Crippen molar-refractivity contribution >= 4 is 35.4 Å². The van der Waals surface area contributed by atoms with Crippen molar-refractivity contribution in [2.45, 2.75) is 162 Å². The summed E-state index contributed by atoms with van der Waals surface area (Å²) in [5, 5.41) is 12.3. The minimum atomic E-state index is -1.08.